The molecule has 0 atom stereocenters. The summed E-state index contributed by atoms with van der Waals surface area (Å²) in [4.78, 5) is 14.0. The van der Waals surface area contributed by atoms with E-state index in [-0.39, 0.29) is 0 Å². The fraction of sp³-hybridized carbons (Fsp3) is 0.0213. The van der Waals surface area contributed by atoms with Crippen molar-refractivity contribution in [3.63, 3.8) is 0 Å². The molecule has 0 aliphatic heterocycles. The number of aromatic nitrogens is 2. The predicted octanol–water partition coefficient (Wildman–Crippen LogP) is 11.8. The first-order valence-electron chi connectivity index (χ1n) is 17.2. The molecule has 4 nitrogen and oxygen atoms in total. The van der Waals surface area contributed by atoms with Crippen molar-refractivity contribution in [1.29, 1.82) is 0 Å². The molecular weight excluding hydrogens is 621 g/mol. The van der Waals surface area contributed by atoms with E-state index in [9.17, 15) is 0 Å². The van der Waals surface area contributed by atoms with E-state index >= 15 is 0 Å². The van der Waals surface area contributed by atoms with Gasteiger partial charge in [-0.1, -0.05) is 133 Å². The summed E-state index contributed by atoms with van der Waals surface area (Å²) in [7, 11) is 0. The first-order chi connectivity index (χ1) is 25.3. The number of hydrogen-bond acceptors (Lipinski definition) is 4. The van der Waals surface area contributed by atoms with Crippen molar-refractivity contribution in [2.45, 2.75) is 5.41 Å². The molecule has 6 aromatic carbocycles. The molecular formula is C47H36N4. The van der Waals surface area contributed by atoms with E-state index in [0.29, 0.717) is 0 Å². The van der Waals surface area contributed by atoms with Crippen molar-refractivity contribution >= 4 is 34.4 Å². The van der Waals surface area contributed by atoms with Crippen LogP contribution < -0.4 is 9.80 Å². The number of hydrogen-bond donors (Lipinski definition) is 0. The highest BCUT2D eigenvalue weighted by molar-refractivity contribution is 5.78. The summed E-state index contributed by atoms with van der Waals surface area (Å²) in [5, 5.41) is 0. The average Bonchev–Trinajstić information content (AvgIpc) is 3.21. The van der Waals surface area contributed by atoms with Crippen LogP contribution in [0.2, 0.25) is 0 Å². The van der Waals surface area contributed by atoms with Gasteiger partial charge in [-0.15, -0.1) is 0 Å². The molecule has 0 spiro atoms. The molecule has 0 aliphatic rings. The lowest BCUT2D eigenvalue weighted by atomic mass is 9.65. The molecule has 0 unspecified atom stereocenters. The third-order valence-corrected chi connectivity index (χ3v) is 9.27. The molecule has 244 valence electrons. The van der Waals surface area contributed by atoms with Gasteiger partial charge in [-0.2, -0.15) is 0 Å². The van der Waals surface area contributed by atoms with Crippen LogP contribution in [0.25, 0.3) is 0 Å². The number of pyridine rings is 2. The van der Waals surface area contributed by atoms with Gasteiger partial charge >= 0.3 is 0 Å². The molecule has 8 rings (SSSR count). The molecule has 0 saturated carbocycles. The Balaban J connectivity index is 1.40. The largest absolute Gasteiger partial charge is 0.295 e. The molecule has 0 amide bonds. The topological polar surface area (TPSA) is 32.3 Å². The standard InChI is InChI=1S/C47H36N4/c1-5-19-37(20-6-1)47(38-21-7-2-8-22-38,39-23-17-29-43(35-39)50(41-25-9-3-10-26-41)45-31-13-15-33-48-45)40-24-18-30-44(36-40)51(42-27-11-4-12-28-42)46-32-14-16-34-49-46/h1-36H. The Labute approximate surface area is 299 Å². The summed E-state index contributed by atoms with van der Waals surface area (Å²) >= 11 is 0. The van der Waals surface area contributed by atoms with E-state index in [0.717, 1.165) is 45.5 Å². The second kappa shape index (κ2) is 14.4. The van der Waals surface area contributed by atoms with E-state index in [2.05, 4.69) is 180 Å². The minimum absolute atomic E-state index is 0.687. The number of benzene rings is 6. The lowest BCUT2D eigenvalue weighted by molar-refractivity contribution is 0.745. The van der Waals surface area contributed by atoms with E-state index in [4.69, 9.17) is 9.97 Å². The molecule has 0 N–H and O–H groups in total. The molecule has 2 heterocycles. The maximum Gasteiger partial charge on any atom is 0.137 e. The Hall–Kier alpha value is -6.78. The highest BCUT2D eigenvalue weighted by atomic mass is 15.2. The zero-order valence-electron chi connectivity index (χ0n) is 28.1. The van der Waals surface area contributed by atoms with E-state index in [1.54, 1.807) is 0 Å². The van der Waals surface area contributed by atoms with Crippen molar-refractivity contribution in [1.82, 2.24) is 9.97 Å². The quantitative estimate of drug-likeness (QED) is 0.137. The SMILES string of the molecule is c1ccc(N(c2cccc(C(c3ccccc3)(c3ccccc3)c3cccc(N(c4ccccc4)c4ccccn4)c3)c2)c2ccccn2)cc1. The second-order valence-corrected chi connectivity index (χ2v) is 12.3. The van der Waals surface area contributed by atoms with Crippen LogP contribution in [0.3, 0.4) is 0 Å². The van der Waals surface area contributed by atoms with Crippen molar-refractivity contribution < 1.29 is 0 Å². The fourth-order valence-electron chi connectivity index (χ4n) is 7.09. The lowest BCUT2D eigenvalue weighted by Gasteiger charge is -2.38. The molecule has 51 heavy (non-hydrogen) atoms. The minimum atomic E-state index is -0.687. The zero-order valence-corrected chi connectivity index (χ0v) is 28.1. The van der Waals surface area contributed by atoms with Gasteiger partial charge in [-0.05, 0) is 95.1 Å². The average molecular weight is 657 g/mol. The van der Waals surface area contributed by atoms with Crippen LogP contribution in [0.15, 0.2) is 219 Å². The number of nitrogens with zero attached hydrogens (tertiary/aromatic N) is 4. The van der Waals surface area contributed by atoms with Crippen molar-refractivity contribution in [2.24, 2.45) is 0 Å². The smallest absolute Gasteiger partial charge is 0.137 e. The third kappa shape index (κ3) is 6.16. The Morgan fingerprint density at radius 3 is 1.00 bits per heavy atom. The second-order valence-electron chi connectivity index (χ2n) is 12.3. The highest BCUT2D eigenvalue weighted by Gasteiger charge is 2.39. The van der Waals surface area contributed by atoms with Gasteiger partial charge < -0.3 is 0 Å². The first kappa shape index (κ1) is 31.5. The maximum atomic E-state index is 4.80. The summed E-state index contributed by atoms with van der Waals surface area (Å²) in [6, 6.07) is 72.5. The highest BCUT2D eigenvalue weighted by Crippen LogP contribution is 2.48. The predicted molar refractivity (Wildman–Crippen MR) is 210 cm³/mol. The van der Waals surface area contributed by atoms with Crippen LogP contribution in [-0.2, 0) is 5.41 Å². The molecule has 0 saturated heterocycles. The van der Waals surface area contributed by atoms with Crippen LogP contribution in [0.5, 0.6) is 0 Å². The Morgan fingerprint density at radius 2 is 0.627 bits per heavy atom. The van der Waals surface area contributed by atoms with Crippen LogP contribution in [-0.4, -0.2) is 9.97 Å². The van der Waals surface area contributed by atoms with Gasteiger partial charge in [0.2, 0.25) is 0 Å². The van der Waals surface area contributed by atoms with Gasteiger partial charge in [-0.25, -0.2) is 9.97 Å². The van der Waals surface area contributed by atoms with Crippen LogP contribution in [0.1, 0.15) is 22.3 Å². The van der Waals surface area contributed by atoms with E-state index in [1.165, 1.54) is 11.1 Å². The minimum Gasteiger partial charge on any atom is -0.295 e. The van der Waals surface area contributed by atoms with Gasteiger partial charge in [-0.3, -0.25) is 9.80 Å². The first-order valence-corrected chi connectivity index (χ1v) is 17.2. The number of anilines is 6. The van der Waals surface area contributed by atoms with Crippen LogP contribution >= 0.6 is 0 Å². The van der Waals surface area contributed by atoms with E-state index in [1.807, 2.05) is 48.8 Å². The fourth-order valence-corrected chi connectivity index (χ4v) is 7.09. The normalized spacial score (nSPS) is 11.1. The third-order valence-electron chi connectivity index (χ3n) is 9.27. The molecule has 0 radical (unpaired) electrons. The Morgan fingerprint density at radius 1 is 0.294 bits per heavy atom. The van der Waals surface area contributed by atoms with Gasteiger partial charge in [0, 0.05) is 35.1 Å². The van der Waals surface area contributed by atoms with E-state index < -0.39 is 5.41 Å². The summed E-state index contributed by atoms with van der Waals surface area (Å²) in [6.07, 6.45) is 3.69. The number of para-hydroxylation sites is 2. The summed E-state index contributed by atoms with van der Waals surface area (Å²) in [6.45, 7) is 0. The monoisotopic (exact) mass is 656 g/mol. The molecule has 2 aromatic heterocycles. The lowest BCUT2D eigenvalue weighted by Crippen LogP contribution is -2.31. The van der Waals surface area contributed by atoms with Crippen molar-refractivity contribution in [2.75, 3.05) is 9.80 Å². The molecule has 4 heteroatoms. The summed E-state index contributed by atoms with van der Waals surface area (Å²) in [5.74, 6) is 1.70. The van der Waals surface area contributed by atoms with Gasteiger partial charge in [0.15, 0.2) is 0 Å². The Bertz CT molecular complexity index is 2050. The molecule has 8 aromatic rings. The zero-order chi connectivity index (χ0) is 34.3. The molecule has 0 aliphatic carbocycles. The molecule has 0 fully saturated rings. The Kier molecular flexibility index (Phi) is 8.87. The molecule has 0 bridgehead atoms. The summed E-state index contributed by atoms with van der Waals surface area (Å²) in [5.41, 5.74) is 8.02. The van der Waals surface area contributed by atoms with Crippen molar-refractivity contribution in [3.05, 3.63) is 241 Å². The van der Waals surface area contributed by atoms with Gasteiger partial charge in [0.05, 0.1) is 5.41 Å². The summed E-state index contributed by atoms with van der Waals surface area (Å²) < 4.78 is 0. The maximum absolute atomic E-state index is 4.80. The van der Waals surface area contributed by atoms with Gasteiger partial charge in [0.25, 0.3) is 0 Å². The van der Waals surface area contributed by atoms with Gasteiger partial charge in [0.1, 0.15) is 11.6 Å². The van der Waals surface area contributed by atoms with Crippen LogP contribution in [0, 0.1) is 0 Å². The van der Waals surface area contributed by atoms with Crippen molar-refractivity contribution in [3.8, 4) is 0 Å². The van der Waals surface area contributed by atoms with Crippen LogP contribution in [0.4, 0.5) is 34.4 Å². The number of rotatable bonds is 10.